The summed E-state index contributed by atoms with van der Waals surface area (Å²) in [6.45, 7) is 0.516. The second-order valence-corrected chi connectivity index (χ2v) is 5.51. The summed E-state index contributed by atoms with van der Waals surface area (Å²) in [6.07, 6.45) is 3.35. The maximum absolute atomic E-state index is 12.1. The lowest BCUT2D eigenvalue weighted by atomic mass is 10.3. The van der Waals surface area contributed by atoms with Crippen LogP contribution in [0.3, 0.4) is 0 Å². The Morgan fingerprint density at radius 3 is 2.80 bits per heavy atom. The van der Waals surface area contributed by atoms with Gasteiger partial charge in [-0.25, -0.2) is 4.68 Å². The smallest absolute Gasteiger partial charge is 0.242 e. The van der Waals surface area contributed by atoms with Crippen LogP contribution in [0.25, 0.3) is 0 Å². The molecule has 128 valence electrons. The van der Waals surface area contributed by atoms with Crippen molar-refractivity contribution < 1.29 is 9.53 Å². The van der Waals surface area contributed by atoms with E-state index in [1.807, 2.05) is 24.3 Å². The number of benzene rings is 1. The number of nitrogens with zero attached hydrogens (tertiary/aromatic N) is 5. The van der Waals surface area contributed by atoms with E-state index in [0.717, 1.165) is 5.56 Å². The first kappa shape index (κ1) is 16.8. The Bertz CT molecular complexity index is 839. The lowest BCUT2D eigenvalue weighted by Gasteiger charge is -2.08. The number of rotatable bonds is 7. The second-order valence-electron chi connectivity index (χ2n) is 5.10. The number of aromatic nitrogens is 5. The second kappa shape index (κ2) is 8.20. The van der Waals surface area contributed by atoms with Gasteiger partial charge in [-0.3, -0.25) is 9.78 Å². The molecule has 0 saturated carbocycles. The van der Waals surface area contributed by atoms with Gasteiger partial charge in [0.15, 0.2) is 5.82 Å². The molecule has 1 N–H and O–H groups in total. The molecule has 0 spiro atoms. The van der Waals surface area contributed by atoms with Crippen LogP contribution in [0.1, 0.15) is 11.4 Å². The molecule has 9 heteroatoms. The summed E-state index contributed by atoms with van der Waals surface area (Å²) in [6, 6.07) is 10.8. The summed E-state index contributed by atoms with van der Waals surface area (Å²) in [4.78, 5) is 16.0. The molecule has 8 nitrogen and oxygen atoms in total. The van der Waals surface area contributed by atoms with Crippen LogP contribution in [0, 0.1) is 0 Å². The molecule has 2 heterocycles. The molecular formula is C16H15ClN6O2. The molecule has 2 aromatic heterocycles. The summed E-state index contributed by atoms with van der Waals surface area (Å²) in [5, 5.41) is 14.6. The fourth-order valence-electron chi connectivity index (χ4n) is 2.05. The average Bonchev–Trinajstić information content (AvgIpc) is 3.07. The topological polar surface area (TPSA) is 94.8 Å². The van der Waals surface area contributed by atoms with Gasteiger partial charge in [0.25, 0.3) is 0 Å². The van der Waals surface area contributed by atoms with Gasteiger partial charge in [-0.05, 0) is 40.3 Å². The van der Waals surface area contributed by atoms with Crippen LogP contribution in [0.2, 0.25) is 5.02 Å². The fraction of sp³-hybridized carbons (Fsp3) is 0.188. The number of halogens is 1. The van der Waals surface area contributed by atoms with Crippen LogP contribution >= 0.6 is 11.6 Å². The van der Waals surface area contributed by atoms with E-state index in [1.54, 1.807) is 24.5 Å². The molecular weight excluding hydrogens is 344 g/mol. The van der Waals surface area contributed by atoms with Gasteiger partial charge < -0.3 is 10.1 Å². The van der Waals surface area contributed by atoms with E-state index in [0.29, 0.717) is 23.1 Å². The van der Waals surface area contributed by atoms with Crippen LogP contribution in [0.4, 0.5) is 0 Å². The summed E-state index contributed by atoms with van der Waals surface area (Å²) in [5.41, 5.74) is 0.961. The first-order valence-corrected chi connectivity index (χ1v) is 7.88. The zero-order valence-corrected chi connectivity index (χ0v) is 13.9. The van der Waals surface area contributed by atoms with Gasteiger partial charge in [-0.1, -0.05) is 23.7 Å². The van der Waals surface area contributed by atoms with Crippen LogP contribution < -0.4 is 10.1 Å². The Morgan fingerprint density at radius 2 is 2.00 bits per heavy atom. The van der Waals surface area contributed by atoms with Gasteiger partial charge in [0.05, 0.1) is 5.02 Å². The molecule has 25 heavy (non-hydrogen) atoms. The number of pyridine rings is 1. The van der Waals surface area contributed by atoms with Crippen molar-refractivity contribution in [2.24, 2.45) is 0 Å². The highest BCUT2D eigenvalue weighted by Crippen LogP contribution is 2.23. The number of ether oxygens (including phenoxy) is 1. The zero-order chi connectivity index (χ0) is 17.5. The van der Waals surface area contributed by atoms with E-state index in [-0.39, 0.29) is 19.1 Å². The molecule has 0 saturated heterocycles. The highest BCUT2D eigenvalue weighted by atomic mass is 35.5. The van der Waals surface area contributed by atoms with Crippen molar-refractivity contribution in [1.82, 2.24) is 30.5 Å². The number of nitrogens with one attached hydrogen (secondary N) is 1. The minimum absolute atomic E-state index is 0.000696. The molecule has 3 aromatic rings. The van der Waals surface area contributed by atoms with Crippen molar-refractivity contribution in [2.75, 3.05) is 0 Å². The third-order valence-electron chi connectivity index (χ3n) is 3.33. The molecule has 0 unspecified atom stereocenters. The number of para-hydroxylation sites is 1. The number of amides is 1. The summed E-state index contributed by atoms with van der Waals surface area (Å²) in [5.74, 6) is 0.753. The Hall–Kier alpha value is -3.00. The van der Waals surface area contributed by atoms with Crippen molar-refractivity contribution in [3.05, 3.63) is 65.2 Å². The monoisotopic (exact) mass is 358 g/mol. The van der Waals surface area contributed by atoms with Gasteiger partial charge in [0.1, 0.15) is 18.9 Å². The predicted molar refractivity (Wildman–Crippen MR) is 89.7 cm³/mol. The zero-order valence-electron chi connectivity index (χ0n) is 13.2. The molecule has 0 aliphatic rings. The fourth-order valence-corrected chi connectivity index (χ4v) is 2.24. The standard InChI is InChI=1S/C16H15ClN6O2/c17-13-3-1-2-4-14(13)25-11-15-20-21-22-23(15)10-16(24)19-9-12-5-7-18-8-6-12/h1-8H,9-11H2,(H,19,24). The van der Waals surface area contributed by atoms with E-state index >= 15 is 0 Å². The van der Waals surface area contributed by atoms with E-state index in [2.05, 4.69) is 25.8 Å². The van der Waals surface area contributed by atoms with E-state index < -0.39 is 0 Å². The van der Waals surface area contributed by atoms with E-state index in [1.165, 1.54) is 4.68 Å². The number of carbonyl (C=O) groups excluding carboxylic acids is 1. The molecule has 1 aromatic carbocycles. The SMILES string of the molecule is O=C(Cn1nnnc1COc1ccccc1Cl)NCc1ccncc1. The first-order valence-electron chi connectivity index (χ1n) is 7.50. The Labute approximate surface area is 148 Å². The van der Waals surface area contributed by atoms with Crippen molar-refractivity contribution in [3.8, 4) is 5.75 Å². The molecule has 0 aliphatic carbocycles. The third-order valence-corrected chi connectivity index (χ3v) is 3.64. The predicted octanol–water partition coefficient (Wildman–Crippen LogP) is 1.62. The molecule has 3 rings (SSSR count). The van der Waals surface area contributed by atoms with Gasteiger partial charge in [-0.2, -0.15) is 0 Å². The van der Waals surface area contributed by atoms with Gasteiger partial charge in [0.2, 0.25) is 5.91 Å². The summed E-state index contributed by atoms with van der Waals surface area (Å²) in [7, 11) is 0. The average molecular weight is 359 g/mol. The highest BCUT2D eigenvalue weighted by Gasteiger charge is 2.12. The summed E-state index contributed by atoms with van der Waals surface area (Å²) < 4.78 is 6.99. The highest BCUT2D eigenvalue weighted by molar-refractivity contribution is 6.32. The lowest BCUT2D eigenvalue weighted by Crippen LogP contribution is -2.28. The van der Waals surface area contributed by atoms with Crippen LogP contribution in [0.5, 0.6) is 5.75 Å². The lowest BCUT2D eigenvalue weighted by molar-refractivity contribution is -0.122. The van der Waals surface area contributed by atoms with Gasteiger partial charge in [0, 0.05) is 18.9 Å². The van der Waals surface area contributed by atoms with Crippen molar-refractivity contribution in [3.63, 3.8) is 0 Å². The van der Waals surface area contributed by atoms with E-state index in [4.69, 9.17) is 16.3 Å². The number of tetrazole rings is 1. The maximum Gasteiger partial charge on any atom is 0.242 e. The van der Waals surface area contributed by atoms with Crippen molar-refractivity contribution >= 4 is 17.5 Å². The van der Waals surface area contributed by atoms with Crippen LogP contribution in [0.15, 0.2) is 48.8 Å². The maximum atomic E-state index is 12.1. The minimum Gasteiger partial charge on any atom is -0.484 e. The Morgan fingerprint density at radius 1 is 1.20 bits per heavy atom. The Balaban J connectivity index is 1.54. The Kier molecular flexibility index (Phi) is 5.53. The molecule has 0 atom stereocenters. The van der Waals surface area contributed by atoms with Crippen LogP contribution in [-0.4, -0.2) is 31.1 Å². The van der Waals surface area contributed by atoms with Crippen molar-refractivity contribution in [2.45, 2.75) is 19.7 Å². The van der Waals surface area contributed by atoms with Crippen molar-refractivity contribution in [1.29, 1.82) is 0 Å². The van der Waals surface area contributed by atoms with Crippen LogP contribution in [-0.2, 0) is 24.5 Å². The van der Waals surface area contributed by atoms with E-state index in [9.17, 15) is 4.79 Å². The molecule has 0 aliphatic heterocycles. The number of carbonyl (C=O) groups is 1. The summed E-state index contributed by atoms with van der Waals surface area (Å²) >= 11 is 6.04. The number of hydrogen-bond donors (Lipinski definition) is 1. The van der Waals surface area contributed by atoms with Gasteiger partial charge >= 0.3 is 0 Å². The minimum atomic E-state index is -0.205. The largest absolute Gasteiger partial charge is 0.484 e. The quantitative estimate of drug-likeness (QED) is 0.689. The molecule has 0 bridgehead atoms. The third kappa shape index (κ3) is 4.74. The normalized spacial score (nSPS) is 10.4. The number of hydrogen-bond acceptors (Lipinski definition) is 6. The van der Waals surface area contributed by atoms with Gasteiger partial charge in [-0.15, -0.1) is 5.10 Å². The molecule has 0 fully saturated rings. The molecule has 0 radical (unpaired) electrons. The first-order chi connectivity index (χ1) is 12.2. The molecule has 1 amide bonds.